The number of carbonyl (C=O) groups excluding carboxylic acids is 1. The number of benzene rings is 2. The van der Waals surface area contributed by atoms with Gasteiger partial charge in [-0.15, -0.1) is 13.2 Å². The van der Waals surface area contributed by atoms with Crippen LogP contribution >= 0.6 is 0 Å². The van der Waals surface area contributed by atoms with E-state index in [2.05, 4.69) is 4.74 Å². The van der Waals surface area contributed by atoms with Crippen LogP contribution in [-0.4, -0.2) is 18.4 Å². The molecule has 0 heterocycles. The summed E-state index contributed by atoms with van der Waals surface area (Å²) in [6.07, 6.45) is -2.45. The van der Waals surface area contributed by atoms with Gasteiger partial charge in [-0.1, -0.05) is 0 Å². The highest BCUT2D eigenvalue weighted by Crippen LogP contribution is 2.42. The van der Waals surface area contributed by atoms with Gasteiger partial charge in [0.25, 0.3) is 0 Å². The van der Waals surface area contributed by atoms with E-state index >= 15 is 0 Å². The van der Waals surface area contributed by atoms with Crippen LogP contribution in [0.1, 0.15) is 47.5 Å². The third-order valence-electron chi connectivity index (χ3n) is 5.22. The molecule has 3 rings (SSSR count). The van der Waals surface area contributed by atoms with E-state index in [0.717, 1.165) is 17.7 Å². The Morgan fingerprint density at radius 2 is 1.50 bits per heavy atom. The predicted octanol–water partition coefficient (Wildman–Crippen LogP) is 3.80. The quantitative estimate of drug-likeness (QED) is 0.432. The second kappa shape index (κ2) is 8.21. The van der Waals surface area contributed by atoms with Crippen LogP contribution in [0.25, 0.3) is 0 Å². The van der Waals surface area contributed by atoms with Crippen LogP contribution in [0.5, 0.6) is 5.75 Å². The molecule has 0 atom stereocenters. The summed E-state index contributed by atoms with van der Waals surface area (Å²) < 4.78 is 45.9. The minimum absolute atomic E-state index is 0.115. The first-order valence-electron chi connectivity index (χ1n) is 9.34. The number of esters is 1. The highest BCUT2D eigenvalue weighted by molar-refractivity contribution is 5.90. The Hall–Kier alpha value is -3.30. The van der Waals surface area contributed by atoms with E-state index in [1.54, 1.807) is 6.07 Å². The fourth-order valence-corrected chi connectivity index (χ4v) is 3.62. The van der Waals surface area contributed by atoms with E-state index < -0.39 is 18.1 Å². The number of ether oxygens (including phenoxy) is 2. The number of nitrogen functional groups attached to an aromatic ring is 4. The van der Waals surface area contributed by atoms with Gasteiger partial charge in [0, 0.05) is 0 Å². The summed E-state index contributed by atoms with van der Waals surface area (Å²) in [6.45, 7) is 0. The molecule has 30 heavy (non-hydrogen) atoms. The molecule has 0 saturated heterocycles. The molecule has 7 nitrogen and oxygen atoms in total. The molecule has 1 aliphatic carbocycles. The topological polar surface area (TPSA) is 140 Å². The summed E-state index contributed by atoms with van der Waals surface area (Å²) in [4.78, 5) is 12.3. The van der Waals surface area contributed by atoms with E-state index in [4.69, 9.17) is 27.7 Å². The summed E-state index contributed by atoms with van der Waals surface area (Å²) in [5, 5.41) is 0. The summed E-state index contributed by atoms with van der Waals surface area (Å²) in [7, 11) is 0. The van der Waals surface area contributed by atoms with Crippen molar-refractivity contribution in [2.45, 2.75) is 44.1 Å². The van der Waals surface area contributed by atoms with Gasteiger partial charge in [-0.25, -0.2) is 4.79 Å². The average Bonchev–Trinajstić information content (AvgIpc) is 2.69. The Labute approximate surface area is 171 Å². The Morgan fingerprint density at radius 1 is 0.900 bits per heavy atom. The van der Waals surface area contributed by atoms with Gasteiger partial charge in [-0.05, 0) is 67.5 Å². The molecule has 1 fully saturated rings. The van der Waals surface area contributed by atoms with Crippen molar-refractivity contribution in [2.24, 2.45) is 0 Å². The third kappa shape index (κ3) is 4.81. The molecule has 1 saturated carbocycles. The molecule has 0 spiro atoms. The molecule has 0 aliphatic heterocycles. The van der Waals surface area contributed by atoms with Crippen molar-refractivity contribution in [1.82, 2.24) is 0 Å². The Balaban J connectivity index is 1.58. The average molecular weight is 424 g/mol. The van der Waals surface area contributed by atoms with Gasteiger partial charge in [-0.3, -0.25) is 0 Å². The van der Waals surface area contributed by atoms with Crippen molar-refractivity contribution in [3.63, 3.8) is 0 Å². The van der Waals surface area contributed by atoms with Crippen LogP contribution in [0, 0.1) is 0 Å². The largest absolute Gasteiger partial charge is 0.573 e. The number of anilines is 4. The zero-order valence-corrected chi connectivity index (χ0v) is 16.0. The van der Waals surface area contributed by atoms with E-state index in [9.17, 15) is 18.0 Å². The fourth-order valence-electron chi connectivity index (χ4n) is 3.62. The lowest BCUT2D eigenvalue weighted by atomic mass is 9.81. The monoisotopic (exact) mass is 424 g/mol. The minimum Gasteiger partial charge on any atom is -0.459 e. The van der Waals surface area contributed by atoms with Gasteiger partial charge in [0.05, 0.1) is 28.3 Å². The molecule has 162 valence electrons. The third-order valence-corrected chi connectivity index (χ3v) is 5.22. The number of alkyl halides is 3. The van der Waals surface area contributed by atoms with Gasteiger partial charge in [0.2, 0.25) is 0 Å². The molecule has 8 N–H and O–H groups in total. The second-order valence-electron chi connectivity index (χ2n) is 7.25. The molecule has 0 bridgehead atoms. The van der Waals surface area contributed by atoms with Gasteiger partial charge in [-0.2, -0.15) is 0 Å². The van der Waals surface area contributed by atoms with Gasteiger partial charge in [0.15, 0.2) is 0 Å². The number of hydrogen-bond donors (Lipinski definition) is 4. The Morgan fingerprint density at radius 3 is 2.07 bits per heavy atom. The fraction of sp³-hybridized carbons (Fsp3) is 0.350. The lowest BCUT2D eigenvalue weighted by Gasteiger charge is -2.30. The summed E-state index contributed by atoms with van der Waals surface area (Å²) in [6, 6.07) is 6.34. The lowest BCUT2D eigenvalue weighted by Crippen LogP contribution is -2.24. The van der Waals surface area contributed by atoms with Crippen molar-refractivity contribution < 1.29 is 27.4 Å². The zero-order valence-electron chi connectivity index (χ0n) is 16.0. The molecule has 1 aliphatic rings. The van der Waals surface area contributed by atoms with Crippen molar-refractivity contribution >= 4 is 28.7 Å². The number of carbonyl (C=O) groups is 1. The van der Waals surface area contributed by atoms with E-state index in [-0.39, 0.29) is 29.0 Å². The zero-order chi connectivity index (χ0) is 22.1. The number of hydrogen-bond acceptors (Lipinski definition) is 7. The van der Waals surface area contributed by atoms with Crippen LogP contribution in [0.2, 0.25) is 0 Å². The van der Waals surface area contributed by atoms with Crippen molar-refractivity contribution in [3.8, 4) is 5.75 Å². The number of rotatable bonds is 4. The molecule has 0 aromatic heterocycles. The lowest BCUT2D eigenvalue weighted by molar-refractivity contribution is -0.274. The van der Waals surface area contributed by atoms with E-state index in [1.807, 2.05) is 0 Å². The second-order valence-corrected chi connectivity index (χ2v) is 7.25. The highest BCUT2D eigenvalue weighted by atomic mass is 19.4. The van der Waals surface area contributed by atoms with Crippen LogP contribution in [0.15, 0.2) is 30.3 Å². The summed E-state index contributed by atoms with van der Waals surface area (Å²) in [5.74, 6) is -0.888. The van der Waals surface area contributed by atoms with Crippen LogP contribution in [-0.2, 0) is 4.74 Å². The van der Waals surface area contributed by atoms with Crippen molar-refractivity contribution in [2.75, 3.05) is 22.9 Å². The Kier molecular flexibility index (Phi) is 5.86. The number of nitrogens with two attached hydrogens (primary N) is 4. The molecular formula is C20H23F3N4O3. The molecule has 10 heteroatoms. The molecule has 2 aromatic rings. The standard InChI is InChI=1S/C20H23F3N4O3/c21-20(22,23)30-13-7-3-11(4-8-13)19(28)29-12-5-1-10(2-6-12)14-9-15(24)17(26)18(27)16(14)25/h3-4,7-10,12H,1-2,5-6,24-27H2. The molecular weight excluding hydrogens is 401 g/mol. The number of halogens is 3. The van der Waals surface area contributed by atoms with Crippen molar-refractivity contribution in [1.29, 1.82) is 0 Å². The minimum atomic E-state index is -4.79. The Bertz CT molecular complexity index is 924. The first-order chi connectivity index (χ1) is 14.0. The van der Waals surface area contributed by atoms with Crippen LogP contribution in [0.4, 0.5) is 35.9 Å². The smallest absolute Gasteiger partial charge is 0.459 e. The maximum Gasteiger partial charge on any atom is 0.573 e. The maximum atomic E-state index is 12.3. The van der Waals surface area contributed by atoms with E-state index in [0.29, 0.717) is 37.1 Å². The first kappa shape index (κ1) is 21.4. The normalized spacial score (nSPS) is 19.3. The first-order valence-corrected chi connectivity index (χ1v) is 9.34. The van der Waals surface area contributed by atoms with Crippen molar-refractivity contribution in [3.05, 3.63) is 41.5 Å². The summed E-state index contributed by atoms with van der Waals surface area (Å²) in [5.41, 5.74) is 26.0. The van der Waals surface area contributed by atoms with Gasteiger partial charge in [0.1, 0.15) is 11.9 Å². The maximum absolute atomic E-state index is 12.3. The SMILES string of the molecule is Nc1cc(C2CCC(OC(=O)c3ccc(OC(F)(F)F)cc3)CC2)c(N)c(N)c1N. The highest BCUT2D eigenvalue weighted by Gasteiger charge is 2.31. The van der Waals surface area contributed by atoms with E-state index in [1.165, 1.54) is 12.1 Å². The van der Waals surface area contributed by atoms with Crippen LogP contribution < -0.4 is 27.7 Å². The molecule has 0 amide bonds. The molecule has 0 unspecified atom stereocenters. The van der Waals surface area contributed by atoms with Gasteiger partial charge >= 0.3 is 12.3 Å². The summed E-state index contributed by atoms with van der Waals surface area (Å²) >= 11 is 0. The van der Waals surface area contributed by atoms with Crippen LogP contribution in [0.3, 0.4) is 0 Å². The molecule has 2 aromatic carbocycles. The molecule has 0 radical (unpaired) electrons. The predicted molar refractivity (Wildman–Crippen MR) is 108 cm³/mol. The van der Waals surface area contributed by atoms with Gasteiger partial charge < -0.3 is 32.4 Å².